The van der Waals surface area contributed by atoms with Crippen molar-refractivity contribution in [2.75, 3.05) is 13.6 Å². The van der Waals surface area contributed by atoms with Crippen LogP contribution in [0.2, 0.25) is 0 Å². The van der Waals surface area contributed by atoms with Gasteiger partial charge in [0.05, 0.1) is 6.54 Å². The Morgan fingerprint density at radius 3 is 1.62 bits per heavy atom. The van der Waals surface area contributed by atoms with Gasteiger partial charge in [-0.05, 0) is 27.8 Å². The molecule has 1 amide bonds. The number of hydrogen-bond donors (Lipinski definition) is 1. The third-order valence-corrected chi connectivity index (χ3v) is 0.978. The number of carboxylic acids is 1. The smallest absolute Gasteiger partial charge is 0.320 e. The van der Waals surface area contributed by atoms with E-state index in [1.54, 1.807) is 0 Å². The van der Waals surface area contributed by atoms with Crippen LogP contribution < -0.4 is 0 Å². The van der Waals surface area contributed by atoms with E-state index in [2.05, 4.69) is 12.8 Å². The van der Waals surface area contributed by atoms with Gasteiger partial charge in [-0.1, -0.05) is 13.8 Å². The summed E-state index contributed by atoms with van der Waals surface area (Å²) >= 11 is 0. The van der Waals surface area contributed by atoms with Crippen LogP contribution >= 0.6 is 0 Å². The van der Waals surface area contributed by atoms with Crippen LogP contribution in [0.15, 0.2) is 0 Å². The number of carboxylic acid groups (broad SMARTS) is 1. The maximum Gasteiger partial charge on any atom is 0.320 e. The first-order valence-electron chi connectivity index (χ1n) is 5.92. The molecule has 0 fully saturated rings. The summed E-state index contributed by atoms with van der Waals surface area (Å²) in [5.41, 5.74) is -0.328. The fourth-order valence-corrected chi connectivity index (χ4v) is 0.666. The van der Waals surface area contributed by atoms with Gasteiger partial charge in [0.1, 0.15) is 5.60 Å². The number of likely N-dealkylation sites (N-methyl/N-ethyl adjacent to an activating group) is 1. The SMILES string of the molecule is C#C.CC.CC(=O)OC(C)(C)C.CN([C-]=O)CC(=O)O.[Fm]. The largest absolute Gasteiger partial charge is 0.520 e. The predicted octanol–water partition coefficient (Wildman–Crippen LogP) is 1.69. The summed E-state index contributed by atoms with van der Waals surface area (Å²) in [5.74, 6) is -1.26. The van der Waals surface area contributed by atoms with E-state index in [1.807, 2.05) is 34.6 Å². The molecule has 0 aromatic rings. The average Bonchev–Trinajstić information content (AvgIpc) is 2.31. The number of carbonyl (C=O) groups is 2. The van der Waals surface area contributed by atoms with E-state index in [0.29, 0.717) is 0 Å². The van der Waals surface area contributed by atoms with Gasteiger partial charge in [-0.2, -0.15) is 6.41 Å². The molecular formula is C14H26FmNO5-. The standard InChI is InChI=1S/C6H12O2.C4H6NO3.C2H6.C2H2.Fm/c1-5(7)8-6(2,3)4;1-5(3-6)2-4(7)8;2*1-2;/h1-4H3;2H2,1H3,(H,7,8);1-2H3;1-2H;/q;-1;;;. The minimum atomic E-state index is -1.03. The van der Waals surface area contributed by atoms with Gasteiger partial charge in [0, 0.05) is 6.92 Å². The molecule has 0 atom stereocenters. The van der Waals surface area contributed by atoms with E-state index in [4.69, 9.17) is 9.84 Å². The number of esters is 1. The van der Waals surface area contributed by atoms with E-state index in [1.165, 1.54) is 20.4 Å². The monoisotopic (exact) mass is 545 g/mol. The molecule has 7 heteroatoms. The number of carbonyl (C=O) groups excluding carboxylic acids is 2. The summed E-state index contributed by atoms with van der Waals surface area (Å²) in [6.07, 6.45) is 9.40. The van der Waals surface area contributed by atoms with Crippen LogP contribution in [0.1, 0.15) is 41.5 Å². The normalized spacial score (nSPS) is 7.67. The molecule has 0 saturated carbocycles. The molecule has 0 heterocycles. The second kappa shape index (κ2) is 19.3. The van der Waals surface area contributed by atoms with Crippen LogP contribution in [0.4, 0.5) is 0 Å². The van der Waals surface area contributed by atoms with Crippen molar-refractivity contribution in [3.8, 4) is 12.8 Å². The van der Waals surface area contributed by atoms with Crippen molar-refractivity contribution in [1.29, 1.82) is 0 Å². The van der Waals surface area contributed by atoms with Crippen molar-refractivity contribution in [3.63, 3.8) is 0 Å². The van der Waals surface area contributed by atoms with Gasteiger partial charge in [0.15, 0.2) is 0 Å². The zero-order valence-corrected chi connectivity index (χ0v) is 16.1. The number of aliphatic carboxylic acids is 1. The van der Waals surface area contributed by atoms with Crippen molar-refractivity contribution in [1.82, 2.24) is 4.90 Å². The summed E-state index contributed by atoms with van der Waals surface area (Å²) in [6.45, 7) is 10.6. The molecular weight excluding hydrogens is 519 g/mol. The molecule has 0 aromatic heterocycles. The molecule has 6 nitrogen and oxygen atoms in total. The van der Waals surface area contributed by atoms with E-state index in [0.717, 1.165) is 4.90 Å². The quantitative estimate of drug-likeness (QED) is 0.253. The van der Waals surface area contributed by atoms with Crippen molar-refractivity contribution in [3.05, 3.63) is 0 Å². The van der Waals surface area contributed by atoms with E-state index < -0.39 is 5.97 Å². The van der Waals surface area contributed by atoms with Crippen LogP contribution in [-0.2, 0) is 19.1 Å². The fourth-order valence-electron chi connectivity index (χ4n) is 0.666. The molecule has 0 radical (unpaired) electrons. The molecule has 0 unspecified atom stereocenters. The molecule has 0 rings (SSSR count). The number of hydrogen-bond acceptors (Lipinski definition) is 4. The Bertz CT molecular complexity index is 285. The molecule has 0 bridgehead atoms. The molecule has 0 aliphatic heterocycles. The fraction of sp³-hybridized carbons (Fsp3) is 0.643. The van der Waals surface area contributed by atoms with Gasteiger partial charge in [-0.25, -0.2) is 0 Å². The van der Waals surface area contributed by atoms with E-state index >= 15 is 0 Å². The van der Waals surface area contributed by atoms with E-state index in [9.17, 15) is 14.4 Å². The second-order valence-electron chi connectivity index (χ2n) is 4.05. The summed E-state index contributed by atoms with van der Waals surface area (Å²) in [7, 11) is 1.35. The van der Waals surface area contributed by atoms with Crippen LogP contribution in [0.5, 0.6) is 0 Å². The molecule has 0 aliphatic carbocycles. The maximum atomic E-state index is 10.2. The van der Waals surface area contributed by atoms with Crippen LogP contribution in [0, 0.1) is 12.8 Å². The Morgan fingerprint density at radius 1 is 1.24 bits per heavy atom. The zero-order valence-electron chi connectivity index (χ0n) is 13.7. The Hall–Kier alpha value is -3.03. The third-order valence-electron chi connectivity index (χ3n) is 0.978. The summed E-state index contributed by atoms with van der Waals surface area (Å²) < 4.78 is 4.80. The Morgan fingerprint density at radius 2 is 1.57 bits per heavy atom. The molecule has 0 aromatic carbocycles. The minimum Gasteiger partial charge on any atom is -0.520 e. The topological polar surface area (TPSA) is 83.9 Å². The number of ether oxygens (including phenoxy) is 1. The van der Waals surface area contributed by atoms with Crippen molar-refractivity contribution >= 4 is 18.3 Å². The number of nitrogens with zero attached hydrogens (tertiary/aromatic N) is 1. The molecule has 130 valence electrons. The molecule has 0 spiro atoms. The van der Waals surface area contributed by atoms with Crippen LogP contribution in [0.3, 0.4) is 0 Å². The van der Waals surface area contributed by atoms with Gasteiger partial charge < -0.3 is 19.5 Å². The predicted molar refractivity (Wildman–Crippen MR) is 78.7 cm³/mol. The summed E-state index contributed by atoms with van der Waals surface area (Å²) in [4.78, 5) is 30.5. The van der Waals surface area contributed by atoms with Crippen molar-refractivity contribution in [2.24, 2.45) is 0 Å². The zero-order chi connectivity index (χ0) is 17.4. The first-order valence-corrected chi connectivity index (χ1v) is 5.92. The number of terminal acetylenes is 1. The van der Waals surface area contributed by atoms with Gasteiger partial charge >= 0.3 is 11.9 Å². The maximum absolute atomic E-state index is 10.2. The molecule has 21 heavy (non-hydrogen) atoms. The third kappa shape index (κ3) is 59.9. The minimum absolute atomic E-state index is 0. The van der Waals surface area contributed by atoms with Crippen LogP contribution in [0.25, 0.3) is 0 Å². The van der Waals surface area contributed by atoms with Crippen LogP contribution in [-0.4, -0.2) is 47.5 Å². The molecule has 1 N–H and O–H groups in total. The van der Waals surface area contributed by atoms with Crippen molar-refractivity contribution < 1.29 is 24.2 Å². The van der Waals surface area contributed by atoms with Gasteiger partial charge in [0.25, 0.3) is 0 Å². The first-order chi connectivity index (χ1) is 9.08. The van der Waals surface area contributed by atoms with Gasteiger partial charge in [-0.3, -0.25) is 9.59 Å². The summed E-state index contributed by atoms with van der Waals surface area (Å²) in [6, 6.07) is 0. The Labute approximate surface area is 122 Å². The van der Waals surface area contributed by atoms with Gasteiger partial charge in [0.2, 0.25) is 0 Å². The number of amides is 1. The number of rotatable bonds is 3. The summed E-state index contributed by atoms with van der Waals surface area (Å²) in [5, 5.41) is 7.99. The average molecular weight is 545 g/mol. The second-order valence-corrected chi connectivity index (χ2v) is 4.05. The van der Waals surface area contributed by atoms with Crippen molar-refractivity contribution in [2.45, 2.75) is 47.1 Å². The Balaban J connectivity index is -0.0000000630. The molecule has 0 aliphatic rings. The first kappa shape index (κ1) is 30.8. The Kier molecular flexibility index (Phi) is 28.3. The van der Waals surface area contributed by atoms with E-state index in [-0.39, 0.29) is 18.1 Å². The molecule has 0 saturated heterocycles. The van der Waals surface area contributed by atoms with Gasteiger partial charge in [-0.15, -0.1) is 12.8 Å².